The maximum Gasteiger partial charge on any atom is 0.311 e. The second-order valence-electron chi connectivity index (χ2n) is 4.58. The Labute approximate surface area is 100 Å². The van der Waals surface area contributed by atoms with Crippen LogP contribution in [0.15, 0.2) is 12.4 Å². The second-order valence-corrected chi connectivity index (χ2v) is 4.58. The number of rotatable bonds is 3. The molecule has 0 saturated carbocycles. The molecule has 0 radical (unpaired) electrons. The SMILES string of the molecule is CCC1(C(=O)O)CCN(c2nccnc2C)C1. The van der Waals surface area contributed by atoms with Crippen LogP contribution < -0.4 is 4.90 Å². The fourth-order valence-corrected chi connectivity index (χ4v) is 2.38. The third kappa shape index (κ3) is 1.97. The van der Waals surface area contributed by atoms with E-state index in [1.165, 1.54) is 0 Å². The molecular formula is C12H17N3O2. The Morgan fingerprint density at radius 3 is 2.76 bits per heavy atom. The number of carbonyl (C=O) groups is 1. The molecule has 5 nitrogen and oxygen atoms in total. The summed E-state index contributed by atoms with van der Waals surface area (Å²) in [7, 11) is 0. The molecule has 0 aliphatic carbocycles. The highest BCUT2D eigenvalue weighted by Crippen LogP contribution is 2.36. The molecule has 5 heteroatoms. The average Bonchev–Trinajstić information content (AvgIpc) is 2.75. The largest absolute Gasteiger partial charge is 0.481 e. The molecule has 1 aliphatic heterocycles. The van der Waals surface area contributed by atoms with E-state index in [4.69, 9.17) is 0 Å². The van der Waals surface area contributed by atoms with E-state index in [0.717, 1.165) is 18.1 Å². The first kappa shape index (κ1) is 11.8. The number of aryl methyl sites for hydroxylation is 1. The van der Waals surface area contributed by atoms with Gasteiger partial charge in [0.15, 0.2) is 0 Å². The zero-order chi connectivity index (χ0) is 12.5. The molecule has 2 rings (SSSR count). The molecule has 1 atom stereocenters. The van der Waals surface area contributed by atoms with Crippen LogP contribution in [0.3, 0.4) is 0 Å². The Morgan fingerprint density at radius 1 is 1.53 bits per heavy atom. The maximum absolute atomic E-state index is 11.4. The van der Waals surface area contributed by atoms with E-state index in [2.05, 4.69) is 9.97 Å². The molecule has 2 heterocycles. The van der Waals surface area contributed by atoms with Crippen LogP contribution in [0.25, 0.3) is 0 Å². The van der Waals surface area contributed by atoms with Crippen LogP contribution in [0, 0.1) is 12.3 Å². The van der Waals surface area contributed by atoms with Crippen molar-refractivity contribution in [1.29, 1.82) is 0 Å². The predicted molar refractivity (Wildman–Crippen MR) is 64.0 cm³/mol. The fraction of sp³-hybridized carbons (Fsp3) is 0.583. The van der Waals surface area contributed by atoms with Gasteiger partial charge in [0.05, 0.1) is 11.1 Å². The Hall–Kier alpha value is -1.65. The Morgan fingerprint density at radius 2 is 2.24 bits per heavy atom. The number of anilines is 1. The monoisotopic (exact) mass is 235 g/mol. The van der Waals surface area contributed by atoms with Crippen molar-refractivity contribution in [3.05, 3.63) is 18.1 Å². The van der Waals surface area contributed by atoms with Gasteiger partial charge in [0.1, 0.15) is 5.82 Å². The van der Waals surface area contributed by atoms with Gasteiger partial charge in [0.25, 0.3) is 0 Å². The van der Waals surface area contributed by atoms with Crippen molar-refractivity contribution in [2.75, 3.05) is 18.0 Å². The molecule has 1 fully saturated rings. The number of aliphatic carboxylic acids is 1. The smallest absolute Gasteiger partial charge is 0.311 e. The number of carboxylic acid groups (broad SMARTS) is 1. The zero-order valence-electron chi connectivity index (χ0n) is 10.2. The van der Waals surface area contributed by atoms with Crippen LogP contribution in [0.4, 0.5) is 5.82 Å². The van der Waals surface area contributed by atoms with E-state index >= 15 is 0 Å². The molecule has 92 valence electrons. The third-order valence-corrected chi connectivity index (χ3v) is 3.64. The van der Waals surface area contributed by atoms with Crippen molar-refractivity contribution in [1.82, 2.24) is 9.97 Å². The average molecular weight is 235 g/mol. The first-order valence-corrected chi connectivity index (χ1v) is 5.85. The van der Waals surface area contributed by atoms with Crippen LogP contribution in [0.1, 0.15) is 25.5 Å². The number of aromatic nitrogens is 2. The number of hydrogen-bond donors (Lipinski definition) is 1. The lowest BCUT2D eigenvalue weighted by Gasteiger charge is -2.24. The van der Waals surface area contributed by atoms with Gasteiger partial charge in [-0.3, -0.25) is 9.78 Å². The Bertz CT molecular complexity index is 436. The molecule has 1 N–H and O–H groups in total. The van der Waals surface area contributed by atoms with Crippen LogP contribution >= 0.6 is 0 Å². The van der Waals surface area contributed by atoms with E-state index in [-0.39, 0.29) is 0 Å². The molecule has 1 aromatic rings. The minimum absolute atomic E-state index is 0.526. The number of hydrogen-bond acceptors (Lipinski definition) is 4. The number of nitrogens with zero attached hydrogens (tertiary/aromatic N) is 3. The first-order valence-electron chi connectivity index (χ1n) is 5.85. The summed E-state index contributed by atoms with van der Waals surface area (Å²) in [4.78, 5) is 21.9. The van der Waals surface area contributed by atoms with Crippen molar-refractivity contribution < 1.29 is 9.90 Å². The lowest BCUT2D eigenvalue weighted by atomic mass is 9.84. The normalized spacial score (nSPS) is 24.0. The van der Waals surface area contributed by atoms with Crippen LogP contribution in [0.5, 0.6) is 0 Å². The van der Waals surface area contributed by atoms with E-state index < -0.39 is 11.4 Å². The minimum atomic E-state index is -0.705. The van der Waals surface area contributed by atoms with Gasteiger partial charge in [0.2, 0.25) is 0 Å². The topological polar surface area (TPSA) is 66.3 Å². The van der Waals surface area contributed by atoms with E-state index in [9.17, 15) is 9.90 Å². The lowest BCUT2D eigenvalue weighted by Crippen LogP contribution is -2.34. The molecule has 0 spiro atoms. The summed E-state index contributed by atoms with van der Waals surface area (Å²) in [5.74, 6) is 0.105. The highest BCUT2D eigenvalue weighted by atomic mass is 16.4. The second kappa shape index (κ2) is 4.31. The van der Waals surface area contributed by atoms with Gasteiger partial charge in [-0.2, -0.15) is 0 Å². The Kier molecular flexibility index (Phi) is 3.00. The van der Waals surface area contributed by atoms with Crippen LogP contribution in [-0.4, -0.2) is 34.1 Å². The van der Waals surface area contributed by atoms with Gasteiger partial charge in [-0.05, 0) is 19.8 Å². The van der Waals surface area contributed by atoms with Crippen LogP contribution in [0.2, 0.25) is 0 Å². The molecule has 0 amide bonds. The third-order valence-electron chi connectivity index (χ3n) is 3.64. The summed E-state index contributed by atoms with van der Waals surface area (Å²) in [6, 6.07) is 0. The van der Waals surface area contributed by atoms with Crippen molar-refractivity contribution in [2.45, 2.75) is 26.7 Å². The summed E-state index contributed by atoms with van der Waals surface area (Å²) in [6.07, 6.45) is 4.63. The minimum Gasteiger partial charge on any atom is -0.481 e. The van der Waals surface area contributed by atoms with Crippen molar-refractivity contribution in [2.24, 2.45) is 5.41 Å². The standard InChI is InChI=1S/C12H17N3O2/c1-3-12(11(16)17)4-7-15(8-12)10-9(2)13-5-6-14-10/h5-6H,3-4,7-8H2,1-2H3,(H,16,17). The molecule has 1 aromatic heterocycles. The van der Waals surface area contributed by atoms with Gasteiger partial charge in [0, 0.05) is 25.5 Å². The molecule has 0 aromatic carbocycles. The summed E-state index contributed by atoms with van der Waals surface area (Å²) in [5, 5.41) is 9.34. The van der Waals surface area contributed by atoms with Crippen molar-refractivity contribution >= 4 is 11.8 Å². The van der Waals surface area contributed by atoms with Gasteiger partial charge < -0.3 is 10.0 Å². The van der Waals surface area contributed by atoms with Gasteiger partial charge in [-0.1, -0.05) is 6.92 Å². The molecule has 1 saturated heterocycles. The number of carboxylic acids is 1. The molecule has 1 aliphatic rings. The lowest BCUT2D eigenvalue weighted by molar-refractivity contribution is -0.147. The Balaban J connectivity index is 2.23. The maximum atomic E-state index is 11.4. The van der Waals surface area contributed by atoms with E-state index in [0.29, 0.717) is 19.4 Å². The predicted octanol–water partition coefficient (Wildman–Crippen LogP) is 1.48. The molecule has 0 bridgehead atoms. The molecule has 1 unspecified atom stereocenters. The van der Waals surface area contributed by atoms with E-state index in [1.54, 1.807) is 12.4 Å². The summed E-state index contributed by atoms with van der Waals surface area (Å²) in [5.41, 5.74) is 0.231. The molecular weight excluding hydrogens is 218 g/mol. The summed E-state index contributed by atoms with van der Waals surface area (Å²) < 4.78 is 0. The van der Waals surface area contributed by atoms with E-state index in [1.807, 2.05) is 18.7 Å². The highest BCUT2D eigenvalue weighted by molar-refractivity contribution is 5.76. The van der Waals surface area contributed by atoms with Gasteiger partial charge in [-0.25, -0.2) is 4.98 Å². The van der Waals surface area contributed by atoms with Crippen molar-refractivity contribution in [3.8, 4) is 0 Å². The summed E-state index contributed by atoms with van der Waals surface area (Å²) in [6.45, 7) is 5.09. The zero-order valence-corrected chi connectivity index (χ0v) is 10.2. The first-order chi connectivity index (χ1) is 8.09. The summed E-state index contributed by atoms with van der Waals surface area (Å²) >= 11 is 0. The van der Waals surface area contributed by atoms with Gasteiger partial charge >= 0.3 is 5.97 Å². The van der Waals surface area contributed by atoms with Crippen LogP contribution in [-0.2, 0) is 4.79 Å². The molecule has 17 heavy (non-hydrogen) atoms. The highest BCUT2D eigenvalue weighted by Gasteiger charge is 2.43. The van der Waals surface area contributed by atoms with Gasteiger partial charge in [-0.15, -0.1) is 0 Å². The quantitative estimate of drug-likeness (QED) is 0.859. The fourth-order valence-electron chi connectivity index (χ4n) is 2.38. The van der Waals surface area contributed by atoms with Crippen molar-refractivity contribution in [3.63, 3.8) is 0 Å².